The molecule has 0 spiro atoms. The molecule has 0 aromatic heterocycles. The third-order valence-corrected chi connectivity index (χ3v) is 4.79. The zero-order valence-electron chi connectivity index (χ0n) is 14.4. The van der Waals surface area contributed by atoms with Gasteiger partial charge in [0, 0.05) is 11.0 Å². The average Bonchev–Trinajstić information content (AvgIpc) is 2.91. The van der Waals surface area contributed by atoms with E-state index in [2.05, 4.69) is 21.2 Å². The molecule has 1 aliphatic heterocycles. The zero-order chi connectivity index (χ0) is 20.3. The van der Waals surface area contributed by atoms with Crippen LogP contribution >= 0.6 is 27.5 Å². The van der Waals surface area contributed by atoms with E-state index in [1.807, 2.05) is 0 Å². The van der Waals surface area contributed by atoms with E-state index in [-0.39, 0.29) is 13.0 Å². The summed E-state index contributed by atoms with van der Waals surface area (Å²) in [5.74, 6) is -2.15. The minimum atomic E-state index is -0.700. The second-order valence-electron chi connectivity index (χ2n) is 5.89. The van der Waals surface area contributed by atoms with Crippen LogP contribution in [0.1, 0.15) is 27.1 Å². The number of halogens is 2. The molecule has 28 heavy (non-hydrogen) atoms. The number of carbonyl (C=O) groups is 4. The highest BCUT2D eigenvalue weighted by Gasteiger charge is 2.35. The Kier molecular flexibility index (Phi) is 6.11. The SMILES string of the molecule is O=C(COC(=O)CCN1C(=O)c2ccccc2C1=O)Nc1ccc(Br)cc1Cl. The van der Waals surface area contributed by atoms with Gasteiger partial charge in [-0.15, -0.1) is 0 Å². The summed E-state index contributed by atoms with van der Waals surface area (Å²) >= 11 is 9.26. The lowest BCUT2D eigenvalue weighted by Gasteiger charge is -2.13. The van der Waals surface area contributed by atoms with Crippen LogP contribution in [0.4, 0.5) is 5.69 Å². The van der Waals surface area contributed by atoms with Crippen LogP contribution in [0, 0.1) is 0 Å². The molecule has 3 rings (SSSR count). The van der Waals surface area contributed by atoms with E-state index in [9.17, 15) is 19.2 Å². The summed E-state index contributed by atoms with van der Waals surface area (Å²) in [7, 11) is 0. The molecular weight excluding hydrogens is 452 g/mol. The maximum Gasteiger partial charge on any atom is 0.308 e. The zero-order valence-corrected chi connectivity index (χ0v) is 16.7. The van der Waals surface area contributed by atoms with Crippen molar-refractivity contribution in [2.75, 3.05) is 18.5 Å². The first kappa shape index (κ1) is 20.0. The number of ether oxygens (including phenoxy) is 1. The molecule has 0 saturated heterocycles. The number of nitrogens with zero attached hydrogens (tertiary/aromatic N) is 1. The molecule has 7 nitrogen and oxygen atoms in total. The van der Waals surface area contributed by atoms with Crippen molar-refractivity contribution in [2.45, 2.75) is 6.42 Å². The summed E-state index contributed by atoms with van der Waals surface area (Å²) in [6.07, 6.45) is -0.211. The Morgan fingerprint density at radius 3 is 2.32 bits per heavy atom. The molecule has 144 valence electrons. The van der Waals surface area contributed by atoms with Gasteiger partial charge in [-0.2, -0.15) is 0 Å². The van der Waals surface area contributed by atoms with Gasteiger partial charge in [-0.1, -0.05) is 39.7 Å². The molecule has 0 aliphatic carbocycles. The number of hydrogen-bond donors (Lipinski definition) is 1. The average molecular weight is 466 g/mol. The molecule has 0 bridgehead atoms. The molecular formula is C19H14BrClN2O5. The lowest BCUT2D eigenvalue weighted by atomic mass is 10.1. The van der Waals surface area contributed by atoms with Gasteiger partial charge in [0.2, 0.25) is 0 Å². The Morgan fingerprint density at radius 1 is 1.07 bits per heavy atom. The number of fused-ring (bicyclic) bond motifs is 1. The Balaban J connectivity index is 1.47. The summed E-state index contributed by atoms with van der Waals surface area (Å²) in [6, 6.07) is 11.4. The van der Waals surface area contributed by atoms with Crippen molar-refractivity contribution in [3.63, 3.8) is 0 Å². The molecule has 0 atom stereocenters. The molecule has 3 amide bonds. The van der Waals surface area contributed by atoms with Crippen LogP contribution in [0.5, 0.6) is 0 Å². The van der Waals surface area contributed by atoms with Crippen molar-refractivity contribution in [1.29, 1.82) is 0 Å². The maximum atomic E-state index is 12.2. The standard InChI is InChI=1S/C19H14BrClN2O5/c20-11-5-6-15(14(21)9-11)22-16(24)10-28-17(25)7-8-23-18(26)12-3-1-2-4-13(12)19(23)27/h1-6,9H,7-8,10H2,(H,22,24). The summed E-state index contributed by atoms with van der Waals surface area (Å²) < 4.78 is 5.65. The van der Waals surface area contributed by atoms with Gasteiger partial charge in [0.1, 0.15) is 0 Å². The number of esters is 1. The van der Waals surface area contributed by atoms with Crippen LogP contribution in [0.2, 0.25) is 5.02 Å². The molecule has 0 radical (unpaired) electrons. The first-order valence-electron chi connectivity index (χ1n) is 8.22. The number of hydrogen-bond acceptors (Lipinski definition) is 5. The van der Waals surface area contributed by atoms with Gasteiger partial charge in [-0.05, 0) is 30.3 Å². The normalized spacial score (nSPS) is 12.7. The smallest absolute Gasteiger partial charge is 0.308 e. The highest BCUT2D eigenvalue weighted by molar-refractivity contribution is 9.10. The Morgan fingerprint density at radius 2 is 1.71 bits per heavy atom. The number of imide groups is 1. The van der Waals surface area contributed by atoms with Gasteiger partial charge < -0.3 is 10.1 Å². The van der Waals surface area contributed by atoms with Crippen LogP contribution in [-0.2, 0) is 14.3 Å². The number of benzene rings is 2. The van der Waals surface area contributed by atoms with E-state index in [1.165, 1.54) is 0 Å². The minimum absolute atomic E-state index is 0.120. The van der Waals surface area contributed by atoms with Crippen molar-refractivity contribution >= 4 is 56.9 Å². The largest absolute Gasteiger partial charge is 0.456 e. The summed E-state index contributed by atoms with van der Waals surface area (Å²) in [5, 5.41) is 2.86. The van der Waals surface area contributed by atoms with Gasteiger partial charge in [0.25, 0.3) is 17.7 Å². The molecule has 2 aromatic rings. The van der Waals surface area contributed by atoms with E-state index < -0.39 is 30.3 Å². The quantitative estimate of drug-likeness (QED) is 0.522. The van der Waals surface area contributed by atoms with E-state index in [0.29, 0.717) is 21.8 Å². The minimum Gasteiger partial charge on any atom is -0.456 e. The Bertz CT molecular complexity index is 944. The Labute approximate surface area is 173 Å². The van der Waals surface area contributed by atoms with Gasteiger partial charge in [0.15, 0.2) is 6.61 Å². The summed E-state index contributed by atoms with van der Waals surface area (Å²) in [5.41, 5.74) is 1.01. The molecule has 1 N–H and O–H groups in total. The lowest BCUT2D eigenvalue weighted by Crippen LogP contribution is -2.32. The number of amides is 3. The number of carbonyl (C=O) groups excluding carboxylic acids is 4. The van der Waals surface area contributed by atoms with Crippen molar-refractivity contribution in [1.82, 2.24) is 4.90 Å². The molecule has 9 heteroatoms. The van der Waals surface area contributed by atoms with E-state index in [1.54, 1.807) is 42.5 Å². The van der Waals surface area contributed by atoms with Crippen LogP contribution in [0.3, 0.4) is 0 Å². The first-order chi connectivity index (χ1) is 13.4. The number of rotatable bonds is 6. The van der Waals surface area contributed by atoms with Gasteiger partial charge in [0.05, 0.1) is 28.3 Å². The first-order valence-corrected chi connectivity index (χ1v) is 9.39. The Hall–Kier alpha value is -2.71. The van der Waals surface area contributed by atoms with E-state index in [0.717, 1.165) is 9.37 Å². The molecule has 2 aromatic carbocycles. The second kappa shape index (κ2) is 8.53. The van der Waals surface area contributed by atoms with E-state index in [4.69, 9.17) is 16.3 Å². The highest BCUT2D eigenvalue weighted by Crippen LogP contribution is 2.25. The van der Waals surface area contributed by atoms with Crippen LogP contribution in [-0.4, -0.2) is 41.7 Å². The van der Waals surface area contributed by atoms with Crippen LogP contribution in [0.15, 0.2) is 46.9 Å². The van der Waals surface area contributed by atoms with Gasteiger partial charge in [-0.3, -0.25) is 24.1 Å². The monoisotopic (exact) mass is 464 g/mol. The number of nitrogens with one attached hydrogen (secondary N) is 1. The lowest BCUT2D eigenvalue weighted by molar-refractivity contribution is -0.147. The molecule has 0 saturated carbocycles. The van der Waals surface area contributed by atoms with E-state index >= 15 is 0 Å². The van der Waals surface area contributed by atoms with Crippen LogP contribution < -0.4 is 5.32 Å². The second-order valence-corrected chi connectivity index (χ2v) is 7.21. The molecule has 0 fully saturated rings. The van der Waals surface area contributed by atoms with Crippen LogP contribution in [0.25, 0.3) is 0 Å². The molecule has 0 unspecified atom stereocenters. The molecule has 1 heterocycles. The fourth-order valence-corrected chi connectivity index (χ4v) is 3.36. The molecule has 1 aliphatic rings. The summed E-state index contributed by atoms with van der Waals surface area (Å²) in [6.45, 7) is -0.626. The summed E-state index contributed by atoms with van der Waals surface area (Å²) in [4.78, 5) is 49.2. The predicted octanol–water partition coefficient (Wildman–Crippen LogP) is 3.27. The predicted molar refractivity (Wildman–Crippen MR) is 105 cm³/mol. The highest BCUT2D eigenvalue weighted by atomic mass is 79.9. The van der Waals surface area contributed by atoms with Gasteiger partial charge in [-0.25, -0.2) is 0 Å². The third kappa shape index (κ3) is 4.40. The van der Waals surface area contributed by atoms with Crippen molar-refractivity contribution < 1.29 is 23.9 Å². The van der Waals surface area contributed by atoms with Crippen molar-refractivity contribution in [3.8, 4) is 0 Å². The topological polar surface area (TPSA) is 92.8 Å². The van der Waals surface area contributed by atoms with Crippen molar-refractivity contribution in [2.24, 2.45) is 0 Å². The fraction of sp³-hybridized carbons (Fsp3) is 0.158. The van der Waals surface area contributed by atoms with Gasteiger partial charge >= 0.3 is 5.97 Å². The number of anilines is 1. The maximum absolute atomic E-state index is 12.2. The van der Waals surface area contributed by atoms with Crippen molar-refractivity contribution in [3.05, 3.63) is 63.1 Å². The fourth-order valence-electron chi connectivity index (χ4n) is 2.64. The third-order valence-electron chi connectivity index (χ3n) is 3.99.